The van der Waals surface area contributed by atoms with Gasteiger partial charge in [0.05, 0.1) is 12.6 Å². The van der Waals surface area contributed by atoms with Crippen LogP contribution in [0.2, 0.25) is 0 Å². The molecule has 2 atom stereocenters. The van der Waals surface area contributed by atoms with Crippen LogP contribution in [0.3, 0.4) is 0 Å². The molecule has 0 bridgehead atoms. The summed E-state index contributed by atoms with van der Waals surface area (Å²) in [5, 5.41) is 0. The molecule has 3 rings (SSSR count). The van der Waals surface area contributed by atoms with Gasteiger partial charge in [0.25, 0.3) is 0 Å². The molecule has 4 nitrogen and oxygen atoms in total. The summed E-state index contributed by atoms with van der Waals surface area (Å²) in [6, 6.07) is 0. The molecule has 2 fully saturated rings. The lowest BCUT2D eigenvalue weighted by Crippen LogP contribution is -2.47. The van der Waals surface area contributed by atoms with Crippen molar-refractivity contribution >= 4 is 0 Å². The normalized spacial score (nSPS) is 32.2. The zero-order valence-corrected chi connectivity index (χ0v) is 12.1. The summed E-state index contributed by atoms with van der Waals surface area (Å²) >= 11 is 0. The minimum absolute atomic E-state index is 0.415. The van der Waals surface area contributed by atoms with Gasteiger partial charge in [-0.3, -0.25) is 4.90 Å². The first-order valence-corrected chi connectivity index (χ1v) is 7.45. The zero-order chi connectivity index (χ0) is 13.3. The van der Waals surface area contributed by atoms with Crippen LogP contribution in [0, 0.1) is 5.41 Å². The molecule has 1 spiro atoms. The van der Waals surface area contributed by atoms with Gasteiger partial charge >= 0.3 is 0 Å². The van der Waals surface area contributed by atoms with Crippen LogP contribution >= 0.6 is 0 Å². The van der Waals surface area contributed by atoms with Gasteiger partial charge in [-0.2, -0.15) is 0 Å². The van der Waals surface area contributed by atoms with Gasteiger partial charge in [0.2, 0.25) is 0 Å². The first-order chi connectivity index (χ1) is 9.23. The average Bonchev–Trinajstić information content (AvgIpc) is 2.97. The lowest BCUT2D eigenvalue weighted by atomic mass is 9.76. The van der Waals surface area contributed by atoms with Crippen LogP contribution in [0.4, 0.5) is 0 Å². The van der Waals surface area contributed by atoms with Crippen molar-refractivity contribution in [3.8, 4) is 0 Å². The number of likely N-dealkylation sites (tertiary alicyclic amines) is 1. The van der Waals surface area contributed by atoms with Gasteiger partial charge in [0.15, 0.2) is 0 Å². The summed E-state index contributed by atoms with van der Waals surface area (Å²) in [7, 11) is 3.96. The van der Waals surface area contributed by atoms with Gasteiger partial charge in [0, 0.05) is 38.5 Å². The topological polar surface area (TPSA) is 30.3 Å². The van der Waals surface area contributed by atoms with E-state index < -0.39 is 0 Å². The minimum Gasteiger partial charge on any atom is -0.381 e. The van der Waals surface area contributed by atoms with Crippen molar-refractivity contribution in [1.29, 1.82) is 0 Å². The van der Waals surface area contributed by atoms with Crippen molar-refractivity contribution in [1.82, 2.24) is 14.5 Å². The number of piperidine rings is 1. The van der Waals surface area contributed by atoms with Crippen molar-refractivity contribution in [2.45, 2.75) is 44.8 Å². The van der Waals surface area contributed by atoms with E-state index >= 15 is 0 Å². The maximum absolute atomic E-state index is 5.76. The number of hydrogen-bond acceptors (Lipinski definition) is 3. The molecule has 1 aromatic rings. The Morgan fingerprint density at radius 1 is 1.42 bits per heavy atom. The highest BCUT2D eigenvalue weighted by Crippen LogP contribution is 2.46. The van der Waals surface area contributed by atoms with Crippen LogP contribution in [0.15, 0.2) is 12.4 Å². The standard InChI is InChI=1S/C15H25N3O/c1-17-10-8-16-14(17)11-18-9-4-7-15(12-18)6-3-5-13(15)19-2/h8,10,13H,3-7,9,11-12H2,1-2H3/t13-,15-/m1/s1. The van der Waals surface area contributed by atoms with Crippen LogP contribution in [0.5, 0.6) is 0 Å². The van der Waals surface area contributed by atoms with Crippen molar-refractivity contribution in [3.05, 3.63) is 18.2 Å². The SMILES string of the molecule is CO[C@@H]1CCC[C@]12CCCN(Cc1nccn1C)C2. The van der Waals surface area contributed by atoms with Crippen LogP contribution < -0.4 is 0 Å². The number of aryl methyl sites for hydroxylation is 1. The van der Waals surface area contributed by atoms with E-state index in [0.717, 1.165) is 6.54 Å². The Morgan fingerprint density at radius 2 is 2.26 bits per heavy atom. The number of imidazole rings is 1. The molecule has 0 amide bonds. The minimum atomic E-state index is 0.415. The van der Waals surface area contributed by atoms with E-state index in [-0.39, 0.29) is 0 Å². The Labute approximate surface area is 115 Å². The molecule has 0 unspecified atom stereocenters. The molecule has 1 aliphatic carbocycles. The van der Waals surface area contributed by atoms with E-state index in [0.29, 0.717) is 11.5 Å². The fourth-order valence-corrected chi connectivity index (χ4v) is 4.08. The van der Waals surface area contributed by atoms with Gasteiger partial charge in [-0.1, -0.05) is 6.42 Å². The third-order valence-electron chi connectivity index (χ3n) is 5.08. The van der Waals surface area contributed by atoms with Crippen molar-refractivity contribution in [2.24, 2.45) is 12.5 Å². The smallest absolute Gasteiger partial charge is 0.122 e. The molecule has 19 heavy (non-hydrogen) atoms. The molecule has 1 aliphatic heterocycles. The lowest BCUT2D eigenvalue weighted by molar-refractivity contribution is -0.0372. The fraction of sp³-hybridized carbons (Fsp3) is 0.800. The highest BCUT2D eigenvalue weighted by molar-refractivity contribution is 4.99. The van der Waals surface area contributed by atoms with E-state index in [1.807, 2.05) is 19.5 Å². The van der Waals surface area contributed by atoms with Crippen LogP contribution in [0.25, 0.3) is 0 Å². The molecule has 2 aliphatic rings. The third kappa shape index (κ3) is 2.43. The maximum atomic E-state index is 5.76. The molecule has 106 valence electrons. The predicted octanol–water partition coefficient (Wildman–Crippen LogP) is 2.20. The molecule has 0 radical (unpaired) electrons. The second-order valence-corrected chi connectivity index (χ2v) is 6.25. The Kier molecular flexibility index (Phi) is 3.63. The molecular formula is C15H25N3O. The predicted molar refractivity (Wildman–Crippen MR) is 74.8 cm³/mol. The number of aromatic nitrogens is 2. The van der Waals surface area contributed by atoms with E-state index in [2.05, 4.69) is 21.5 Å². The van der Waals surface area contributed by atoms with Crippen LogP contribution in [-0.2, 0) is 18.3 Å². The van der Waals surface area contributed by atoms with Gasteiger partial charge in [-0.15, -0.1) is 0 Å². The quantitative estimate of drug-likeness (QED) is 0.837. The second-order valence-electron chi connectivity index (χ2n) is 6.25. The third-order valence-corrected chi connectivity index (χ3v) is 5.08. The Balaban J connectivity index is 1.70. The van der Waals surface area contributed by atoms with E-state index in [1.54, 1.807) is 0 Å². The maximum Gasteiger partial charge on any atom is 0.122 e. The number of nitrogens with zero attached hydrogens (tertiary/aromatic N) is 3. The Bertz CT molecular complexity index is 431. The summed E-state index contributed by atoms with van der Waals surface area (Å²) in [4.78, 5) is 7.03. The number of ether oxygens (including phenoxy) is 1. The van der Waals surface area contributed by atoms with E-state index in [9.17, 15) is 0 Å². The molecule has 0 N–H and O–H groups in total. The van der Waals surface area contributed by atoms with E-state index in [1.165, 1.54) is 51.0 Å². The van der Waals surface area contributed by atoms with Crippen molar-refractivity contribution in [3.63, 3.8) is 0 Å². The highest BCUT2D eigenvalue weighted by Gasteiger charge is 2.45. The monoisotopic (exact) mass is 263 g/mol. The summed E-state index contributed by atoms with van der Waals surface area (Å²) in [6.07, 6.45) is 10.9. The Hall–Kier alpha value is -0.870. The largest absolute Gasteiger partial charge is 0.381 e. The van der Waals surface area contributed by atoms with Crippen molar-refractivity contribution in [2.75, 3.05) is 20.2 Å². The first kappa shape index (κ1) is 13.1. The average molecular weight is 263 g/mol. The summed E-state index contributed by atoms with van der Waals surface area (Å²) in [5.41, 5.74) is 0.415. The van der Waals surface area contributed by atoms with Crippen LogP contribution in [-0.4, -0.2) is 40.8 Å². The molecule has 1 saturated carbocycles. The number of methoxy groups -OCH3 is 1. The highest BCUT2D eigenvalue weighted by atomic mass is 16.5. The van der Waals surface area contributed by atoms with Crippen LogP contribution in [0.1, 0.15) is 37.9 Å². The fourth-order valence-electron chi connectivity index (χ4n) is 4.08. The molecule has 2 heterocycles. The molecule has 1 aromatic heterocycles. The summed E-state index contributed by atoms with van der Waals surface area (Å²) < 4.78 is 7.89. The van der Waals surface area contributed by atoms with Gasteiger partial charge < -0.3 is 9.30 Å². The Morgan fingerprint density at radius 3 is 3.00 bits per heavy atom. The van der Waals surface area contributed by atoms with Gasteiger partial charge in [-0.25, -0.2) is 4.98 Å². The second kappa shape index (κ2) is 5.25. The molecule has 4 heteroatoms. The van der Waals surface area contributed by atoms with Gasteiger partial charge in [-0.05, 0) is 32.2 Å². The van der Waals surface area contributed by atoms with Crippen molar-refractivity contribution < 1.29 is 4.74 Å². The summed E-state index contributed by atoms with van der Waals surface area (Å²) in [5.74, 6) is 1.17. The molecular weight excluding hydrogens is 238 g/mol. The van der Waals surface area contributed by atoms with Gasteiger partial charge in [0.1, 0.15) is 5.82 Å². The van der Waals surface area contributed by atoms with E-state index in [4.69, 9.17) is 4.74 Å². The number of hydrogen-bond donors (Lipinski definition) is 0. The summed E-state index contributed by atoms with van der Waals surface area (Å²) in [6.45, 7) is 3.35. The molecule has 0 aromatic carbocycles. The first-order valence-electron chi connectivity index (χ1n) is 7.45. The zero-order valence-electron chi connectivity index (χ0n) is 12.1. The number of rotatable bonds is 3. The lowest BCUT2D eigenvalue weighted by Gasteiger charge is -2.43. The molecule has 1 saturated heterocycles.